The predicted molar refractivity (Wildman–Crippen MR) is 115 cm³/mol. The molecule has 1 aliphatic carbocycles. The highest BCUT2D eigenvalue weighted by atomic mass is 19.4. The molecule has 0 saturated carbocycles. The third-order valence-corrected chi connectivity index (χ3v) is 5.14. The second-order valence-corrected chi connectivity index (χ2v) is 7.65. The van der Waals surface area contributed by atoms with Gasteiger partial charge in [0.15, 0.2) is 0 Å². The fourth-order valence-corrected chi connectivity index (χ4v) is 3.53. The minimum Gasteiger partial charge on any atom is -0.246 e. The van der Waals surface area contributed by atoms with Crippen LogP contribution >= 0.6 is 0 Å². The number of nitriles is 2. The number of halogens is 10. The van der Waals surface area contributed by atoms with Crippen molar-refractivity contribution in [2.45, 2.75) is 25.2 Å². The zero-order valence-corrected chi connectivity index (χ0v) is 18.4. The van der Waals surface area contributed by atoms with Crippen LogP contribution in [0.2, 0.25) is 0 Å². The summed E-state index contributed by atoms with van der Waals surface area (Å²) in [5.74, 6) is 0. The largest absolute Gasteiger partial charge is 0.416 e. The van der Waals surface area contributed by atoms with Crippen LogP contribution in [0.5, 0.6) is 0 Å². The molecule has 0 N–H and O–H groups in total. The van der Waals surface area contributed by atoms with E-state index in [0.29, 0.717) is 24.3 Å². The number of benzene rings is 2. The molecule has 0 bridgehead atoms. The molecule has 2 aromatic carbocycles. The fraction of sp³-hybridized carbons (Fsp3) is 0.167. The first-order valence-corrected chi connectivity index (χ1v) is 10.0. The van der Waals surface area contributed by atoms with Gasteiger partial charge in [-0.1, -0.05) is 0 Å². The summed E-state index contributed by atoms with van der Waals surface area (Å²) in [4.78, 5) is 6.81. The molecule has 1 aliphatic rings. The van der Waals surface area contributed by atoms with E-state index in [1.54, 1.807) is 0 Å². The van der Waals surface area contributed by atoms with Gasteiger partial charge in [-0.25, -0.2) is 4.39 Å². The average molecular weight is 544 g/mol. The number of nitrogens with zero attached hydrogens (tertiary/aromatic N) is 4. The van der Waals surface area contributed by atoms with E-state index in [1.165, 1.54) is 12.4 Å². The molecule has 0 radical (unpaired) electrons. The maximum atomic E-state index is 13.4. The van der Waals surface area contributed by atoms with E-state index in [2.05, 4.69) is 9.98 Å². The highest BCUT2D eigenvalue weighted by Crippen LogP contribution is 2.40. The summed E-state index contributed by atoms with van der Waals surface area (Å²) in [6, 6.07) is 2.65. The van der Waals surface area contributed by atoms with Crippen molar-refractivity contribution >= 4 is 22.6 Å². The Morgan fingerprint density at radius 2 is 0.947 bits per heavy atom. The Hall–Kier alpha value is -4.46. The molecule has 0 amide bonds. The monoisotopic (exact) mass is 544 g/mol. The van der Waals surface area contributed by atoms with E-state index in [-0.39, 0.29) is 17.2 Å². The first-order chi connectivity index (χ1) is 17.6. The summed E-state index contributed by atoms with van der Waals surface area (Å²) in [6.07, 6.45) is -11.0. The van der Waals surface area contributed by atoms with Crippen molar-refractivity contribution in [3.05, 3.63) is 81.9 Å². The number of allylic oxidation sites excluding steroid dienone is 4. The summed E-state index contributed by atoms with van der Waals surface area (Å²) in [6.45, 7) is -1.32. The van der Waals surface area contributed by atoms with Crippen molar-refractivity contribution in [1.82, 2.24) is 0 Å². The maximum Gasteiger partial charge on any atom is 0.416 e. The second-order valence-electron chi connectivity index (χ2n) is 7.65. The molecule has 196 valence electrons. The molecule has 0 spiro atoms. The Bertz CT molecular complexity index is 1440. The predicted octanol–water partition coefficient (Wildman–Crippen LogP) is 7.54. The van der Waals surface area contributed by atoms with Gasteiger partial charge in [-0.2, -0.15) is 60.0 Å². The van der Waals surface area contributed by atoms with Gasteiger partial charge in [-0.3, -0.25) is 0 Å². The number of aliphatic imine (C=N–C) groups is 2. The lowest BCUT2D eigenvalue weighted by Crippen LogP contribution is -2.16. The minimum atomic E-state index is -5.21. The standard InChI is InChI=1S/C24H10F10N4/c25-9-12-1-13(3-15(2-12)22(26,27)28)18-7-21(38-11-36)19(8-20(18)37-10-35)14-4-16(23(29,30)31)6-17(5-14)24(32,33)34/h1-8H,9H2/b37-20-,38-21-. The van der Waals surface area contributed by atoms with Crippen molar-refractivity contribution in [2.75, 3.05) is 0 Å². The van der Waals surface area contributed by atoms with Crippen LogP contribution < -0.4 is 0 Å². The smallest absolute Gasteiger partial charge is 0.246 e. The Balaban J connectivity index is 2.31. The quantitative estimate of drug-likeness (QED) is 0.228. The lowest BCUT2D eigenvalue weighted by Gasteiger charge is -2.20. The zero-order chi connectivity index (χ0) is 28.5. The van der Waals surface area contributed by atoms with E-state index in [0.717, 1.165) is 18.2 Å². The summed E-state index contributed by atoms with van der Waals surface area (Å²) < 4.78 is 134. The van der Waals surface area contributed by atoms with Gasteiger partial charge in [0.2, 0.25) is 12.4 Å². The molecule has 38 heavy (non-hydrogen) atoms. The third-order valence-electron chi connectivity index (χ3n) is 5.14. The van der Waals surface area contributed by atoms with Crippen molar-refractivity contribution < 1.29 is 43.9 Å². The van der Waals surface area contributed by atoms with E-state index in [4.69, 9.17) is 10.5 Å². The van der Waals surface area contributed by atoms with E-state index >= 15 is 0 Å². The van der Waals surface area contributed by atoms with Crippen LogP contribution in [0.1, 0.15) is 33.4 Å². The van der Waals surface area contributed by atoms with Gasteiger partial charge in [0.1, 0.15) is 6.67 Å². The Morgan fingerprint density at radius 3 is 1.29 bits per heavy atom. The summed E-state index contributed by atoms with van der Waals surface area (Å²) in [5, 5.41) is 18.2. The molecule has 0 aromatic heterocycles. The molecule has 0 atom stereocenters. The van der Waals surface area contributed by atoms with E-state index in [1.807, 2.05) is 0 Å². The van der Waals surface area contributed by atoms with Crippen molar-refractivity contribution in [3.8, 4) is 12.4 Å². The SMILES string of the molecule is N#C/N=C1C=C(c2cc(C(F)(F)F)cc(C(F)(F)F)c2)/C(=N\C#N)C=C/1c1cc(CF)cc(C(F)(F)F)c1. The minimum absolute atomic E-state index is 0.124. The molecule has 4 nitrogen and oxygen atoms in total. The molecule has 0 saturated heterocycles. The van der Waals surface area contributed by atoms with Gasteiger partial charge < -0.3 is 0 Å². The van der Waals surface area contributed by atoms with Crippen LogP contribution in [0, 0.1) is 22.9 Å². The number of hydrogen-bond donors (Lipinski definition) is 0. The van der Waals surface area contributed by atoms with E-state index in [9.17, 15) is 43.9 Å². The molecular formula is C24H10F10N4. The van der Waals surface area contributed by atoms with Gasteiger partial charge in [-0.15, -0.1) is 0 Å². The summed E-state index contributed by atoms with van der Waals surface area (Å²) >= 11 is 0. The van der Waals surface area contributed by atoms with E-state index < -0.39 is 70.0 Å². The van der Waals surface area contributed by atoms with Crippen LogP contribution in [0.25, 0.3) is 11.1 Å². The average Bonchev–Trinajstić information content (AvgIpc) is 2.82. The van der Waals surface area contributed by atoms with Gasteiger partial charge in [0.25, 0.3) is 0 Å². The lowest BCUT2D eigenvalue weighted by atomic mass is 9.86. The topological polar surface area (TPSA) is 72.3 Å². The third kappa shape index (κ3) is 6.08. The number of alkyl halides is 10. The molecule has 0 fully saturated rings. The van der Waals surface area contributed by atoms with Gasteiger partial charge in [0, 0.05) is 11.1 Å². The lowest BCUT2D eigenvalue weighted by molar-refractivity contribution is -0.143. The van der Waals surface area contributed by atoms with Crippen molar-refractivity contribution in [2.24, 2.45) is 9.98 Å². The highest BCUT2D eigenvalue weighted by Gasteiger charge is 2.38. The number of hydrogen-bond acceptors (Lipinski definition) is 4. The van der Waals surface area contributed by atoms with Crippen molar-refractivity contribution in [1.29, 1.82) is 10.5 Å². The van der Waals surface area contributed by atoms with Crippen LogP contribution in [0.15, 0.2) is 58.5 Å². The molecule has 2 aromatic rings. The Kier molecular flexibility index (Phi) is 7.49. The Morgan fingerprint density at radius 1 is 0.579 bits per heavy atom. The van der Waals surface area contributed by atoms with Crippen LogP contribution in [0.4, 0.5) is 43.9 Å². The normalized spacial score (nSPS) is 16.6. The zero-order valence-electron chi connectivity index (χ0n) is 18.4. The molecule has 0 aliphatic heterocycles. The fourth-order valence-electron chi connectivity index (χ4n) is 3.53. The van der Waals surface area contributed by atoms with Crippen molar-refractivity contribution in [3.63, 3.8) is 0 Å². The van der Waals surface area contributed by atoms with Crippen LogP contribution in [-0.4, -0.2) is 11.4 Å². The van der Waals surface area contributed by atoms with Gasteiger partial charge in [0.05, 0.1) is 28.1 Å². The maximum absolute atomic E-state index is 13.4. The van der Waals surface area contributed by atoms with Gasteiger partial charge in [-0.05, 0) is 65.2 Å². The van der Waals surface area contributed by atoms with Crippen LogP contribution in [-0.2, 0) is 25.2 Å². The first-order valence-electron chi connectivity index (χ1n) is 10.0. The molecule has 3 rings (SSSR count). The molecule has 0 unspecified atom stereocenters. The molecular weight excluding hydrogens is 534 g/mol. The highest BCUT2D eigenvalue weighted by molar-refractivity contribution is 6.47. The Labute approximate surface area is 207 Å². The summed E-state index contributed by atoms with van der Waals surface area (Å²) in [5.41, 5.74) is -7.95. The second kappa shape index (κ2) is 10.1. The first kappa shape index (κ1) is 28.1. The summed E-state index contributed by atoms with van der Waals surface area (Å²) in [7, 11) is 0. The number of rotatable bonds is 3. The molecule has 0 heterocycles. The molecule has 14 heteroatoms. The van der Waals surface area contributed by atoms with Gasteiger partial charge >= 0.3 is 18.5 Å². The van der Waals surface area contributed by atoms with Crippen LogP contribution in [0.3, 0.4) is 0 Å².